The van der Waals surface area contributed by atoms with E-state index in [2.05, 4.69) is 40.7 Å². The second-order valence-corrected chi connectivity index (χ2v) is 15.1. The highest BCUT2D eigenvalue weighted by Gasteiger charge is 2.64. The van der Waals surface area contributed by atoms with Gasteiger partial charge in [-0.1, -0.05) is 46.3 Å². The molecular formula is C28H44O6S. The Hall–Kier alpha value is -0.920. The lowest BCUT2D eigenvalue weighted by Crippen LogP contribution is -2.60. The molecule has 0 aromatic heterocycles. The lowest BCUT2D eigenvalue weighted by Gasteiger charge is -2.66. The Labute approximate surface area is 211 Å². The molecule has 4 fully saturated rings. The number of carboxylic acids is 1. The number of aliphatic carboxylic acids is 1. The van der Waals surface area contributed by atoms with Gasteiger partial charge in [0.05, 0.1) is 11.5 Å². The molecule has 0 spiro atoms. The molecule has 0 aliphatic heterocycles. The van der Waals surface area contributed by atoms with Crippen molar-refractivity contribution in [3.63, 3.8) is 0 Å². The molecule has 0 aromatic rings. The molecular weight excluding hydrogens is 464 g/mol. The van der Waals surface area contributed by atoms with Crippen LogP contribution in [-0.2, 0) is 19.4 Å². The first kappa shape index (κ1) is 25.7. The van der Waals surface area contributed by atoms with Gasteiger partial charge in [-0.15, -0.1) is 0 Å². The first-order valence-corrected chi connectivity index (χ1v) is 15.1. The van der Waals surface area contributed by atoms with Crippen LogP contribution in [0.2, 0.25) is 0 Å². The Morgan fingerprint density at radius 2 is 1.66 bits per heavy atom. The van der Waals surface area contributed by atoms with Gasteiger partial charge < -0.3 is 5.11 Å². The number of rotatable bonds is 3. The number of allylic oxidation sites excluding steroid dienone is 2. The van der Waals surface area contributed by atoms with Crippen LogP contribution < -0.4 is 0 Å². The fraction of sp³-hybridized carbons (Fsp3) is 0.893. The summed E-state index contributed by atoms with van der Waals surface area (Å²) < 4.78 is 37.3. The van der Waals surface area contributed by atoms with Gasteiger partial charge in [-0.3, -0.25) is 9.35 Å². The quantitative estimate of drug-likeness (QED) is 0.344. The van der Waals surface area contributed by atoms with Gasteiger partial charge in [-0.05, 0) is 110 Å². The summed E-state index contributed by atoms with van der Waals surface area (Å²) >= 11 is 0. The van der Waals surface area contributed by atoms with Crippen LogP contribution in [0.4, 0.5) is 0 Å². The van der Waals surface area contributed by atoms with E-state index in [1.807, 2.05) is 0 Å². The maximum atomic E-state index is 12.7. The molecule has 0 heterocycles. The van der Waals surface area contributed by atoms with Crippen LogP contribution in [0.1, 0.15) is 98.8 Å². The predicted molar refractivity (Wildman–Crippen MR) is 134 cm³/mol. The lowest BCUT2D eigenvalue weighted by molar-refractivity contribution is -0.169. The molecule has 0 radical (unpaired) electrons. The van der Waals surface area contributed by atoms with Gasteiger partial charge >= 0.3 is 16.4 Å². The highest BCUT2D eigenvalue weighted by molar-refractivity contribution is 7.80. The smallest absolute Gasteiger partial charge is 0.397 e. The van der Waals surface area contributed by atoms with Crippen molar-refractivity contribution in [1.82, 2.24) is 0 Å². The van der Waals surface area contributed by atoms with Crippen molar-refractivity contribution in [3.8, 4) is 0 Å². The highest BCUT2D eigenvalue weighted by atomic mass is 32.3. The molecule has 9 atom stereocenters. The zero-order chi connectivity index (χ0) is 25.6. The summed E-state index contributed by atoms with van der Waals surface area (Å²) in [5.74, 6) is 0.898. The van der Waals surface area contributed by atoms with Crippen molar-refractivity contribution in [3.05, 3.63) is 11.6 Å². The van der Waals surface area contributed by atoms with E-state index < -0.39 is 27.9 Å². The van der Waals surface area contributed by atoms with Crippen molar-refractivity contribution in [2.45, 2.75) is 105 Å². The molecule has 0 aromatic carbocycles. The van der Waals surface area contributed by atoms with Crippen LogP contribution in [0, 0.1) is 51.2 Å². The molecule has 0 saturated heterocycles. The van der Waals surface area contributed by atoms with Crippen LogP contribution in [-0.4, -0.2) is 30.2 Å². The molecule has 35 heavy (non-hydrogen) atoms. The molecule has 2 N–H and O–H groups in total. The fourth-order valence-electron chi connectivity index (χ4n) is 10.2. The van der Waals surface area contributed by atoms with E-state index in [0.717, 1.165) is 57.8 Å². The zero-order valence-corrected chi connectivity index (χ0v) is 22.9. The average molecular weight is 509 g/mol. The Balaban J connectivity index is 1.48. The highest BCUT2D eigenvalue weighted by Crippen LogP contribution is 2.70. The summed E-state index contributed by atoms with van der Waals surface area (Å²) in [6.07, 6.45) is 11.1. The van der Waals surface area contributed by atoms with E-state index in [9.17, 15) is 22.9 Å². The molecule has 7 heteroatoms. The van der Waals surface area contributed by atoms with Gasteiger partial charge in [0.15, 0.2) is 0 Å². The van der Waals surface area contributed by atoms with Crippen LogP contribution in [0.25, 0.3) is 0 Å². The Bertz CT molecular complexity index is 1030. The van der Waals surface area contributed by atoms with Crippen molar-refractivity contribution in [2.75, 3.05) is 0 Å². The minimum Gasteiger partial charge on any atom is -0.481 e. The summed E-state index contributed by atoms with van der Waals surface area (Å²) in [6.45, 7) is 11.6. The fourth-order valence-corrected chi connectivity index (χ4v) is 10.8. The van der Waals surface area contributed by atoms with Crippen molar-refractivity contribution < 1.29 is 27.1 Å². The summed E-state index contributed by atoms with van der Waals surface area (Å²) in [5.41, 5.74) is 1.25. The summed E-state index contributed by atoms with van der Waals surface area (Å²) in [4.78, 5) is 12.7. The standard InChI is InChI=1S/C28H44O6S/c1-17-19-8-11-27(5)20-9-13-28(24(29)30)15-14-25(2,3)16-21(28)18(20)6-7-23(27)26(19,4)12-10-22(17)34-35(31,32)33/h6,17,19-23H,7-16H2,1-5H3,(H,29,30)(H,31,32,33)/t17-,19?,20?,21+,22+,23?,26+,27+,28-/m1/s1. The minimum absolute atomic E-state index is 0.0655. The number of carbonyl (C=O) groups is 1. The Kier molecular flexibility index (Phi) is 5.91. The average Bonchev–Trinajstić information content (AvgIpc) is 2.74. The van der Waals surface area contributed by atoms with E-state index in [1.54, 1.807) is 0 Å². The van der Waals surface area contributed by atoms with Crippen LogP contribution in [0.15, 0.2) is 11.6 Å². The van der Waals surface area contributed by atoms with E-state index in [4.69, 9.17) is 4.18 Å². The molecule has 4 saturated carbocycles. The molecule has 3 unspecified atom stereocenters. The Morgan fingerprint density at radius 3 is 2.31 bits per heavy atom. The van der Waals surface area contributed by atoms with Gasteiger partial charge in [0.1, 0.15) is 0 Å². The molecule has 5 aliphatic rings. The van der Waals surface area contributed by atoms with Crippen LogP contribution in [0.3, 0.4) is 0 Å². The molecule has 5 rings (SSSR count). The van der Waals surface area contributed by atoms with Crippen molar-refractivity contribution in [1.29, 1.82) is 0 Å². The number of hydrogen-bond donors (Lipinski definition) is 2. The topological polar surface area (TPSA) is 101 Å². The Morgan fingerprint density at radius 1 is 0.971 bits per heavy atom. The monoisotopic (exact) mass is 508 g/mol. The predicted octanol–water partition coefficient (Wildman–Crippen LogP) is 6.28. The first-order valence-electron chi connectivity index (χ1n) is 13.7. The van der Waals surface area contributed by atoms with E-state index in [0.29, 0.717) is 24.2 Å². The summed E-state index contributed by atoms with van der Waals surface area (Å²) in [7, 11) is -4.46. The van der Waals surface area contributed by atoms with Gasteiger partial charge in [0, 0.05) is 0 Å². The lowest BCUT2D eigenvalue weighted by atomic mass is 9.38. The maximum Gasteiger partial charge on any atom is 0.397 e. The van der Waals surface area contributed by atoms with E-state index >= 15 is 0 Å². The van der Waals surface area contributed by atoms with E-state index in [-0.39, 0.29) is 28.1 Å². The largest absolute Gasteiger partial charge is 0.481 e. The van der Waals surface area contributed by atoms with Gasteiger partial charge in [0.2, 0.25) is 0 Å². The third-order valence-electron chi connectivity index (χ3n) is 12.0. The molecule has 6 nitrogen and oxygen atoms in total. The molecule has 198 valence electrons. The van der Waals surface area contributed by atoms with Gasteiger partial charge in [0.25, 0.3) is 0 Å². The summed E-state index contributed by atoms with van der Waals surface area (Å²) in [5, 5.41) is 10.4. The van der Waals surface area contributed by atoms with Crippen molar-refractivity contribution in [2.24, 2.45) is 51.2 Å². The SMILES string of the molecule is C[C@@H]1C2CC[C@@]3(C)C4CC[C@@]5(C(=O)O)CCC(C)(C)C[C@H]5C4=CCC3[C@@]2(C)CC[C@@H]1OS(=O)(=O)O. The van der Waals surface area contributed by atoms with Crippen LogP contribution >= 0.6 is 0 Å². The third-order valence-corrected chi connectivity index (χ3v) is 12.5. The maximum absolute atomic E-state index is 12.7. The normalized spacial score (nSPS) is 49.0. The molecule has 0 amide bonds. The second-order valence-electron chi connectivity index (χ2n) is 14.1. The molecule has 0 bridgehead atoms. The first-order chi connectivity index (χ1) is 16.1. The van der Waals surface area contributed by atoms with Gasteiger partial charge in [-0.2, -0.15) is 8.42 Å². The van der Waals surface area contributed by atoms with E-state index in [1.165, 1.54) is 5.57 Å². The number of carboxylic acid groups (broad SMARTS) is 1. The number of hydrogen-bond acceptors (Lipinski definition) is 4. The van der Waals surface area contributed by atoms with Crippen molar-refractivity contribution >= 4 is 16.4 Å². The molecule has 5 aliphatic carbocycles. The van der Waals surface area contributed by atoms with Gasteiger partial charge in [-0.25, -0.2) is 4.18 Å². The number of fused-ring (bicyclic) bond motifs is 7. The van der Waals surface area contributed by atoms with Crippen LogP contribution in [0.5, 0.6) is 0 Å². The summed E-state index contributed by atoms with van der Waals surface area (Å²) in [6, 6.07) is 0. The minimum atomic E-state index is -4.46. The zero-order valence-electron chi connectivity index (χ0n) is 22.0. The third kappa shape index (κ3) is 3.85. The second kappa shape index (κ2) is 8.04.